The minimum atomic E-state index is -4.43. The summed E-state index contributed by atoms with van der Waals surface area (Å²) in [4.78, 5) is 52.7. The molecule has 48 heavy (non-hydrogen) atoms. The highest BCUT2D eigenvalue weighted by Gasteiger charge is 2.49. The number of rotatable bonds is 19. The molecule has 0 saturated heterocycles. The van der Waals surface area contributed by atoms with Gasteiger partial charge in [-0.05, 0) is 48.6 Å². The first-order valence-electron chi connectivity index (χ1n) is 14.8. The van der Waals surface area contributed by atoms with Crippen LogP contribution in [0, 0.1) is 5.92 Å². The third-order valence-corrected chi connectivity index (χ3v) is 8.81. The minimum absolute atomic E-state index is 0.0168. The maximum Gasteiger partial charge on any atom is 0.479 e. The topological polar surface area (TPSA) is 239 Å². The molecule has 2 atom stereocenters. The van der Waals surface area contributed by atoms with Crippen molar-refractivity contribution in [3.63, 3.8) is 0 Å². The molecule has 4 rings (SSSR count). The molecule has 1 aromatic heterocycles. The van der Waals surface area contributed by atoms with Crippen LogP contribution in [0.15, 0.2) is 84.0 Å². The molecule has 3 aromatic rings. The zero-order valence-electron chi connectivity index (χ0n) is 25.5. The van der Waals surface area contributed by atoms with Crippen molar-refractivity contribution in [2.75, 3.05) is 0 Å². The van der Waals surface area contributed by atoms with Gasteiger partial charge in [0.15, 0.2) is 10.6 Å². The molecular formula is C31H34BN3O12S. The summed E-state index contributed by atoms with van der Waals surface area (Å²) in [6.07, 6.45) is -0.0610. The van der Waals surface area contributed by atoms with E-state index in [1.807, 2.05) is 0 Å². The Kier molecular flexibility index (Phi) is 11.9. The van der Waals surface area contributed by atoms with Gasteiger partial charge in [-0.25, -0.2) is 18.2 Å². The molecule has 17 heteroatoms. The number of benzene rings is 2. The Morgan fingerprint density at radius 2 is 1.50 bits per heavy atom. The highest BCUT2D eigenvalue weighted by Crippen LogP contribution is 2.35. The summed E-state index contributed by atoms with van der Waals surface area (Å²) in [5.74, 6) is -6.86. The maximum atomic E-state index is 13.7. The van der Waals surface area contributed by atoms with Crippen LogP contribution >= 0.6 is 0 Å². The normalized spacial score (nSPS) is 14.4. The zero-order valence-corrected chi connectivity index (χ0v) is 26.3. The second kappa shape index (κ2) is 15.8. The van der Waals surface area contributed by atoms with Gasteiger partial charge in [-0.2, -0.15) is 4.72 Å². The summed E-state index contributed by atoms with van der Waals surface area (Å²) in [6.45, 7) is 0. The average molecular weight is 684 g/mol. The van der Waals surface area contributed by atoms with E-state index in [1.54, 1.807) is 60.7 Å². The van der Waals surface area contributed by atoms with Gasteiger partial charge in [-0.3, -0.25) is 14.4 Å². The molecule has 0 radical (unpaired) electrons. The number of nitrogens with one attached hydrogen (secondary N) is 2. The van der Waals surface area contributed by atoms with Gasteiger partial charge < -0.3 is 35.1 Å². The molecule has 0 spiro atoms. The Bertz CT molecular complexity index is 1670. The van der Waals surface area contributed by atoms with Gasteiger partial charge in [0.25, 0.3) is 10.0 Å². The lowest BCUT2D eigenvalue weighted by molar-refractivity contribution is -0.169. The summed E-state index contributed by atoms with van der Waals surface area (Å²) in [5.41, 5.74) is -2.29. The number of pyridine rings is 1. The number of ether oxygens (including phenoxy) is 1. The molecule has 1 fully saturated rings. The van der Waals surface area contributed by atoms with Crippen LogP contribution in [-0.4, -0.2) is 82.3 Å². The van der Waals surface area contributed by atoms with E-state index in [9.17, 15) is 47.9 Å². The molecule has 1 aliphatic carbocycles. The standard InChI is InChI=1S/C31H34BN3O12S/c36-27(37)17-31(30(41)42,18-28(38)39)47-32(43)25(16-21-11-12-21)34-29(40)24(15-20-7-3-1-4-8-20)35-48(44,45)26-14-13-23(19-33-26)46-22-9-5-2-6-10-22/h1-10,13-14,19,21,24-25,35,43H,11-12,15-18H2,(H,34,40)(H,36,37)(H,38,39)(H,41,42)/t24-,25-/m0/s1. The summed E-state index contributed by atoms with van der Waals surface area (Å²) in [5, 5.41) is 41.5. The fourth-order valence-electron chi connectivity index (χ4n) is 4.89. The van der Waals surface area contributed by atoms with Crippen LogP contribution in [0.2, 0.25) is 0 Å². The van der Waals surface area contributed by atoms with E-state index in [1.165, 1.54) is 18.3 Å². The van der Waals surface area contributed by atoms with Crippen molar-refractivity contribution >= 4 is 41.0 Å². The Balaban J connectivity index is 1.57. The highest BCUT2D eigenvalue weighted by atomic mass is 32.2. The van der Waals surface area contributed by atoms with E-state index in [4.69, 9.17) is 9.39 Å². The van der Waals surface area contributed by atoms with Crippen LogP contribution < -0.4 is 14.8 Å². The van der Waals surface area contributed by atoms with E-state index in [0.29, 0.717) is 24.2 Å². The molecule has 1 heterocycles. The number of amides is 1. The van der Waals surface area contributed by atoms with E-state index >= 15 is 0 Å². The number of hydrogen-bond donors (Lipinski definition) is 6. The van der Waals surface area contributed by atoms with Gasteiger partial charge >= 0.3 is 25.0 Å². The first kappa shape index (κ1) is 36.0. The molecule has 1 aliphatic rings. The molecule has 0 unspecified atom stereocenters. The fraction of sp³-hybridized carbons (Fsp3) is 0.323. The van der Waals surface area contributed by atoms with E-state index in [2.05, 4.69) is 15.0 Å². The fourth-order valence-corrected chi connectivity index (χ4v) is 6.01. The summed E-state index contributed by atoms with van der Waals surface area (Å²) < 4.78 is 40.1. The number of nitrogens with zero attached hydrogens (tertiary/aromatic N) is 1. The Labute approximate surface area is 276 Å². The predicted octanol–water partition coefficient (Wildman–Crippen LogP) is 1.86. The summed E-state index contributed by atoms with van der Waals surface area (Å²) >= 11 is 0. The van der Waals surface area contributed by atoms with Crippen LogP contribution in [-0.2, 0) is 40.3 Å². The van der Waals surface area contributed by atoms with Crippen LogP contribution in [0.5, 0.6) is 11.5 Å². The van der Waals surface area contributed by atoms with Crippen molar-refractivity contribution in [1.82, 2.24) is 15.0 Å². The molecule has 15 nitrogen and oxygen atoms in total. The lowest BCUT2D eigenvalue weighted by Gasteiger charge is -2.32. The SMILES string of the molecule is O=C(O)CC(CC(=O)O)(OB(O)[C@H](CC1CC1)NC(=O)[C@H](Cc1ccccc1)NS(=O)(=O)c1ccc(Oc2ccccc2)cn1)C(=O)O. The number of carboxylic acids is 3. The van der Waals surface area contributed by atoms with E-state index in [0.717, 1.165) is 0 Å². The first-order valence-corrected chi connectivity index (χ1v) is 16.3. The van der Waals surface area contributed by atoms with Gasteiger partial charge in [-0.15, -0.1) is 0 Å². The number of aromatic nitrogens is 1. The molecule has 1 amide bonds. The molecule has 0 aliphatic heterocycles. The third-order valence-electron chi connectivity index (χ3n) is 7.43. The van der Waals surface area contributed by atoms with Crippen molar-refractivity contribution in [3.8, 4) is 11.5 Å². The van der Waals surface area contributed by atoms with Crippen molar-refractivity contribution in [1.29, 1.82) is 0 Å². The lowest BCUT2D eigenvalue weighted by atomic mass is 9.73. The summed E-state index contributed by atoms with van der Waals surface area (Å²) in [7, 11) is -6.60. The van der Waals surface area contributed by atoms with Crippen molar-refractivity contribution in [2.24, 2.45) is 5.92 Å². The monoisotopic (exact) mass is 683 g/mol. The average Bonchev–Trinajstić information content (AvgIpc) is 3.85. The number of para-hydroxylation sites is 1. The van der Waals surface area contributed by atoms with Crippen molar-refractivity contribution in [3.05, 3.63) is 84.6 Å². The number of carbonyl (C=O) groups is 4. The molecule has 6 N–H and O–H groups in total. The quantitative estimate of drug-likeness (QED) is 0.0991. The number of sulfonamides is 1. The second-order valence-corrected chi connectivity index (χ2v) is 13.0. The van der Waals surface area contributed by atoms with E-state index in [-0.39, 0.29) is 24.5 Å². The lowest BCUT2D eigenvalue weighted by Crippen LogP contribution is -2.58. The Morgan fingerprint density at radius 3 is 2.02 bits per heavy atom. The van der Waals surface area contributed by atoms with Gasteiger partial charge in [-0.1, -0.05) is 61.4 Å². The Hall–Kier alpha value is -4.84. The van der Waals surface area contributed by atoms with Crippen LogP contribution in [0.3, 0.4) is 0 Å². The van der Waals surface area contributed by atoms with Crippen LogP contribution in [0.1, 0.15) is 37.7 Å². The van der Waals surface area contributed by atoms with Gasteiger partial charge in [0, 0.05) is 0 Å². The molecular weight excluding hydrogens is 649 g/mol. The predicted molar refractivity (Wildman–Crippen MR) is 168 cm³/mol. The Morgan fingerprint density at radius 1 is 0.896 bits per heavy atom. The van der Waals surface area contributed by atoms with Crippen LogP contribution in [0.25, 0.3) is 0 Å². The van der Waals surface area contributed by atoms with Gasteiger partial charge in [0.2, 0.25) is 5.91 Å². The molecule has 1 saturated carbocycles. The van der Waals surface area contributed by atoms with Crippen molar-refractivity contribution in [2.45, 2.75) is 61.1 Å². The molecule has 254 valence electrons. The highest BCUT2D eigenvalue weighted by molar-refractivity contribution is 7.89. The van der Waals surface area contributed by atoms with E-state index < -0.39 is 76.4 Å². The molecule has 2 aromatic carbocycles. The number of aliphatic carboxylic acids is 3. The zero-order chi connectivity index (χ0) is 34.9. The van der Waals surface area contributed by atoms with Gasteiger partial charge in [0.05, 0.1) is 25.0 Å². The number of hydrogen-bond acceptors (Lipinski definition) is 10. The third kappa shape index (κ3) is 10.3. The molecule has 0 bridgehead atoms. The first-order chi connectivity index (χ1) is 22.8. The maximum absolute atomic E-state index is 13.7. The summed E-state index contributed by atoms with van der Waals surface area (Å²) in [6, 6.07) is 18.3. The van der Waals surface area contributed by atoms with Crippen LogP contribution in [0.4, 0.5) is 0 Å². The number of carboxylic acid groups (broad SMARTS) is 3. The van der Waals surface area contributed by atoms with Crippen molar-refractivity contribution < 1.29 is 57.3 Å². The smallest absolute Gasteiger partial charge is 0.479 e. The second-order valence-electron chi connectivity index (χ2n) is 11.4. The number of carbonyl (C=O) groups excluding carboxylic acids is 1. The minimum Gasteiger partial charge on any atom is -0.481 e. The largest absolute Gasteiger partial charge is 0.481 e. The van der Waals surface area contributed by atoms with Gasteiger partial charge in [0.1, 0.15) is 17.5 Å².